The molecule has 0 heterocycles. The zero-order chi connectivity index (χ0) is 6.97. The largest absolute Gasteiger partial charge is 0.0651 e. The third-order valence-electron chi connectivity index (χ3n) is 3.65. The van der Waals surface area contributed by atoms with Gasteiger partial charge < -0.3 is 0 Å². The number of hydrogen-bond acceptors (Lipinski definition) is 0. The van der Waals surface area contributed by atoms with E-state index < -0.39 is 0 Å². The van der Waals surface area contributed by atoms with Gasteiger partial charge in [-0.15, -0.1) is 0 Å². The molecule has 0 aromatic heterocycles. The molecule has 2 aliphatic carbocycles. The molecule has 2 bridgehead atoms. The van der Waals surface area contributed by atoms with E-state index in [1.165, 1.54) is 12.8 Å². The fourth-order valence-electron chi connectivity index (χ4n) is 3.10. The summed E-state index contributed by atoms with van der Waals surface area (Å²) in [6.07, 6.45) is 9.23. The molecule has 0 heteroatoms. The topological polar surface area (TPSA) is 0 Å². The molecular weight excluding hydrogens is 120 g/mol. The summed E-state index contributed by atoms with van der Waals surface area (Å²) in [5, 5.41) is 0. The summed E-state index contributed by atoms with van der Waals surface area (Å²) < 4.78 is 0. The minimum absolute atomic E-state index is 1.12. The van der Waals surface area contributed by atoms with Crippen molar-refractivity contribution in [3.05, 3.63) is 0 Å². The summed E-state index contributed by atoms with van der Waals surface area (Å²) in [5.41, 5.74) is 0. The van der Waals surface area contributed by atoms with Crippen molar-refractivity contribution in [2.45, 2.75) is 45.4 Å². The van der Waals surface area contributed by atoms with Crippen LogP contribution in [0.1, 0.15) is 45.4 Å². The van der Waals surface area contributed by atoms with Gasteiger partial charge in [0.1, 0.15) is 0 Å². The van der Waals surface area contributed by atoms with Crippen LogP contribution in [0.4, 0.5) is 0 Å². The van der Waals surface area contributed by atoms with Gasteiger partial charge >= 0.3 is 0 Å². The molecule has 3 unspecified atom stereocenters. The molecule has 10 heavy (non-hydrogen) atoms. The first-order valence-electron chi connectivity index (χ1n) is 4.90. The summed E-state index contributed by atoms with van der Waals surface area (Å²) in [4.78, 5) is 0. The summed E-state index contributed by atoms with van der Waals surface area (Å²) in [6, 6.07) is 0. The van der Waals surface area contributed by atoms with Gasteiger partial charge in [0.15, 0.2) is 0 Å². The van der Waals surface area contributed by atoms with E-state index in [1.807, 2.05) is 0 Å². The van der Waals surface area contributed by atoms with Gasteiger partial charge in [-0.3, -0.25) is 0 Å². The fraction of sp³-hybridized carbons (Fsp3) is 1.00. The Hall–Kier alpha value is 0. The van der Waals surface area contributed by atoms with E-state index >= 15 is 0 Å². The molecule has 2 fully saturated rings. The maximum Gasteiger partial charge on any atom is -0.0383 e. The van der Waals surface area contributed by atoms with Gasteiger partial charge in [0.25, 0.3) is 0 Å². The Balaban J connectivity index is 2.01. The Kier molecular flexibility index (Phi) is 1.71. The van der Waals surface area contributed by atoms with Gasteiger partial charge in [-0.2, -0.15) is 0 Å². The van der Waals surface area contributed by atoms with Crippen molar-refractivity contribution >= 4 is 0 Å². The number of fused-ring (bicyclic) bond motifs is 2. The summed E-state index contributed by atoms with van der Waals surface area (Å²) >= 11 is 0. The van der Waals surface area contributed by atoms with Crippen LogP contribution in [0, 0.1) is 17.8 Å². The molecule has 0 saturated heterocycles. The standard InChI is InChI=1S/C10H18/c1-2-9-6-8-4-3-5-10(9)7-8/h8-10H,2-7H2,1H3. The van der Waals surface area contributed by atoms with Crippen LogP contribution in [0.25, 0.3) is 0 Å². The summed E-state index contributed by atoms with van der Waals surface area (Å²) in [5.74, 6) is 3.40. The van der Waals surface area contributed by atoms with Crippen molar-refractivity contribution in [1.82, 2.24) is 0 Å². The summed E-state index contributed by atoms with van der Waals surface area (Å²) in [7, 11) is 0. The lowest BCUT2D eigenvalue weighted by Crippen LogP contribution is -2.08. The molecule has 58 valence electrons. The third-order valence-corrected chi connectivity index (χ3v) is 3.65. The highest BCUT2D eigenvalue weighted by molar-refractivity contribution is 4.86. The normalized spacial score (nSPS) is 45.9. The molecule has 0 spiro atoms. The Morgan fingerprint density at radius 3 is 2.80 bits per heavy atom. The predicted molar refractivity (Wildman–Crippen MR) is 43.8 cm³/mol. The van der Waals surface area contributed by atoms with E-state index in [9.17, 15) is 0 Å². The smallest absolute Gasteiger partial charge is 0.0383 e. The van der Waals surface area contributed by atoms with E-state index in [0.717, 1.165) is 17.8 Å². The van der Waals surface area contributed by atoms with Gasteiger partial charge in [-0.1, -0.05) is 32.6 Å². The van der Waals surface area contributed by atoms with Gasteiger partial charge in [0.2, 0.25) is 0 Å². The molecule has 0 N–H and O–H groups in total. The molecule has 0 radical (unpaired) electrons. The monoisotopic (exact) mass is 138 g/mol. The van der Waals surface area contributed by atoms with Crippen LogP contribution in [-0.2, 0) is 0 Å². The Morgan fingerprint density at radius 1 is 1.20 bits per heavy atom. The summed E-state index contributed by atoms with van der Waals surface area (Å²) in [6.45, 7) is 2.37. The third kappa shape index (κ3) is 0.980. The maximum atomic E-state index is 2.37. The van der Waals surface area contributed by atoms with Gasteiger partial charge in [-0.25, -0.2) is 0 Å². The average Bonchev–Trinajstić information content (AvgIpc) is 2.26. The molecule has 0 aliphatic heterocycles. The SMILES string of the molecule is CCC1CC2CCCC1C2. The van der Waals surface area contributed by atoms with Crippen molar-refractivity contribution in [3.63, 3.8) is 0 Å². The second-order valence-electron chi connectivity index (χ2n) is 4.20. The van der Waals surface area contributed by atoms with Crippen LogP contribution in [0.2, 0.25) is 0 Å². The first-order chi connectivity index (χ1) is 4.90. The van der Waals surface area contributed by atoms with Crippen LogP contribution in [0.5, 0.6) is 0 Å². The van der Waals surface area contributed by atoms with Gasteiger partial charge in [0, 0.05) is 0 Å². The minimum Gasteiger partial charge on any atom is -0.0651 e. The van der Waals surface area contributed by atoms with Crippen LogP contribution < -0.4 is 0 Å². The van der Waals surface area contributed by atoms with Crippen LogP contribution in [-0.4, -0.2) is 0 Å². The molecule has 3 atom stereocenters. The van der Waals surface area contributed by atoms with Crippen LogP contribution in [0.15, 0.2) is 0 Å². The van der Waals surface area contributed by atoms with Crippen molar-refractivity contribution in [3.8, 4) is 0 Å². The number of rotatable bonds is 1. The zero-order valence-electron chi connectivity index (χ0n) is 6.97. The van der Waals surface area contributed by atoms with E-state index in [1.54, 1.807) is 25.7 Å². The lowest BCUT2D eigenvalue weighted by atomic mass is 9.86. The highest BCUT2D eigenvalue weighted by atomic mass is 14.4. The van der Waals surface area contributed by atoms with E-state index in [0.29, 0.717) is 0 Å². The molecule has 2 aliphatic rings. The van der Waals surface area contributed by atoms with E-state index in [2.05, 4.69) is 6.92 Å². The first kappa shape index (κ1) is 6.69. The minimum atomic E-state index is 1.12. The van der Waals surface area contributed by atoms with Crippen LogP contribution in [0.3, 0.4) is 0 Å². The van der Waals surface area contributed by atoms with E-state index in [4.69, 9.17) is 0 Å². The van der Waals surface area contributed by atoms with Crippen LogP contribution >= 0.6 is 0 Å². The van der Waals surface area contributed by atoms with E-state index in [-0.39, 0.29) is 0 Å². The second-order valence-corrected chi connectivity index (χ2v) is 4.20. The first-order valence-corrected chi connectivity index (χ1v) is 4.90. The highest BCUT2D eigenvalue weighted by Gasteiger charge is 2.35. The van der Waals surface area contributed by atoms with Crippen molar-refractivity contribution in [2.75, 3.05) is 0 Å². The zero-order valence-corrected chi connectivity index (χ0v) is 6.97. The van der Waals surface area contributed by atoms with Crippen molar-refractivity contribution in [1.29, 1.82) is 0 Å². The highest BCUT2D eigenvalue weighted by Crippen LogP contribution is 2.46. The average molecular weight is 138 g/mol. The molecule has 0 aromatic rings. The quantitative estimate of drug-likeness (QED) is 0.522. The lowest BCUT2D eigenvalue weighted by Gasteiger charge is -2.19. The molecule has 0 nitrogen and oxygen atoms in total. The molecule has 0 aromatic carbocycles. The fourth-order valence-corrected chi connectivity index (χ4v) is 3.10. The molecule has 0 amide bonds. The Morgan fingerprint density at radius 2 is 2.10 bits per heavy atom. The second kappa shape index (κ2) is 2.56. The number of hydrogen-bond donors (Lipinski definition) is 0. The lowest BCUT2D eigenvalue weighted by molar-refractivity contribution is 0.321. The van der Waals surface area contributed by atoms with Crippen molar-refractivity contribution < 1.29 is 0 Å². The predicted octanol–water partition coefficient (Wildman–Crippen LogP) is 3.22. The van der Waals surface area contributed by atoms with Gasteiger partial charge in [-0.05, 0) is 30.6 Å². The molecule has 2 saturated carbocycles. The molecule has 2 rings (SSSR count). The van der Waals surface area contributed by atoms with Gasteiger partial charge in [0.05, 0.1) is 0 Å². The Labute approximate surface area is 64.0 Å². The maximum absolute atomic E-state index is 2.37. The van der Waals surface area contributed by atoms with Crippen molar-refractivity contribution in [2.24, 2.45) is 17.8 Å². The molecular formula is C10H18. The Bertz CT molecular complexity index is 117.